The van der Waals surface area contributed by atoms with Crippen molar-refractivity contribution < 1.29 is 14.4 Å². The molecular weight excluding hydrogens is 206 g/mol. The van der Waals surface area contributed by atoms with Crippen LogP contribution in [-0.4, -0.2) is 29.0 Å². The molecule has 1 heterocycles. The molecule has 4 heteroatoms. The zero-order valence-corrected chi connectivity index (χ0v) is 10.6. The third-order valence-corrected chi connectivity index (χ3v) is 2.63. The van der Waals surface area contributed by atoms with Gasteiger partial charge in [0.2, 0.25) is 11.8 Å². The van der Waals surface area contributed by atoms with Crippen LogP contribution in [0, 0.1) is 5.92 Å². The molecule has 2 amide bonds. The number of hydrogen-bond donors (Lipinski definition) is 0. The molecular formula is C12H21NO3. The molecule has 0 saturated carbocycles. The second kappa shape index (κ2) is 7.14. The number of likely N-dealkylation sites (tertiary alicyclic amines) is 1. The SMILES string of the molecule is CC.CCC(C)C(=O)CN1C(=O)CCC1=O. The van der Waals surface area contributed by atoms with E-state index in [-0.39, 0.29) is 42.9 Å². The van der Waals surface area contributed by atoms with Crippen molar-refractivity contribution >= 4 is 17.6 Å². The molecule has 1 fully saturated rings. The molecule has 4 nitrogen and oxygen atoms in total. The number of ketones is 1. The van der Waals surface area contributed by atoms with E-state index in [0.717, 1.165) is 11.3 Å². The van der Waals surface area contributed by atoms with Crippen molar-refractivity contribution in [3.63, 3.8) is 0 Å². The Hall–Kier alpha value is -1.19. The molecule has 1 saturated heterocycles. The van der Waals surface area contributed by atoms with Gasteiger partial charge < -0.3 is 0 Å². The van der Waals surface area contributed by atoms with E-state index in [2.05, 4.69) is 0 Å². The van der Waals surface area contributed by atoms with Crippen LogP contribution in [-0.2, 0) is 14.4 Å². The molecule has 16 heavy (non-hydrogen) atoms. The Labute approximate surface area is 97.0 Å². The number of carbonyl (C=O) groups excluding carboxylic acids is 3. The van der Waals surface area contributed by atoms with E-state index >= 15 is 0 Å². The number of imide groups is 1. The third kappa shape index (κ3) is 3.76. The van der Waals surface area contributed by atoms with Gasteiger partial charge in [0.25, 0.3) is 0 Å². The summed E-state index contributed by atoms with van der Waals surface area (Å²) in [7, 11) is 0. The average molecular weight is 227 g/mol. The van der Waals surface area contributed by atoms with Crippen molar-refractivity contribution in [1.82, 2.24) is 4.90 Å². The van der Waals surface area contributed by atoms with Crippen LogP contribution in [0.25, 0.3) is 0 Å². The van der Waals surface area contributed by atoms with Gasteiger partial charge in [0.15, 0.2) is 5.78 Å². The highest BCUT2D eigenvalue weighted by Crippen LogP contribution is 2.13. The summed E-state index contributed by atoms with van der Waals surface area (Å²) in [6.07, 6.45) is 1.26. The summed E-state index contributed by atoms with van der Waals surface area (Å²) in [6, 6.07) is 0. The first-order valence-corrected chi connectivity index (χ1v) is 5.92. The fraction of sp³-hybridized carbons (Fsp3) is 0.750. The third-order valence-electron chi connectivity index (χ3n) is 2.63. The summed E-state index contributed by atoms with van der Waals surface area (Å²) in [5, 5.41) is 0. The molecule has 1 atom stereocenters. The first-order chi connectivity index (χ1) is 7.56. The summed E-state index contributed by atoms with van der Waals surface area (Å²) >= 11 is 0. The van der Waals surface area contributed by atoms with Crippen LogP contribution in [0.2, 0.25) is 0 Å². The molecule has 92 valence electrons. The molecule has 1 aliphatic heterocycles. The zero-order valence-electron chi connectivity index (χ0n) is 10.6. The number of amides is 2. The molecule has 0 N–H and O–H groups in total. The van der Waals surface area contributed by atoms with Crippen LogP contribution in [0.1, 0.15) is 47.0 Å². The molecule has 0 bridgehead atoms. The first-order valence-electron chi connectivity index (χ1n) is 5.92. The molecule has 0 aromatic rings. The topological polar surface area (TPSA) is 54.5 Å². The van der Waals surface area contributed by atoms with E-state index < -0.39 is 0 Å². The molecule has 0 aromatic heterocycles. The lowest BCUT2D eigenvalue weighted by atomic mass is 10.0. The van der Waals surface area contributed by atoms with Gasteiger partial charge in [0.1, 0.15) is 0 Å². The van der Waals surface area contributed by atoms with Crippen LogP contribution in [0.5, 0.6) is 0 Å². The van der Waals surface area contributed by atoms with Crippen LogP contribution in [0.3, 0.4) is 0 Å². The van der Waals surface area contributed by atoms with Crippen LogP contribution < -0.4 is 0 Å². The maximum Gasteiger partial charge on any atom is 0.230 e. The Kier molecular flexibility index (Phi) is 6.61. The lowest BCUT2D eigenvalue weighted by Gasteiger charge is -2.15. The molecule has 0 aromatic carbocycles. The second-order valence-electron chi connectivity index (χ2n) is 3.65. The molecule has 1 aliphatic rings. The monoisotopic (exact) mass is 227 g/mol. The molecule has 0 aliphatic carbocycles. The first kappa shape index (κ1) is 14.8. The maximum atomic E-state index is 11.5. The Morgan fingerprint density at radius 1 is 1.25 bits per heavy atom. The van der Waals surface area contributed by atoms with Gasteiger partial charge in [-0.25, -0.2) is 0 Å². The van der Waals surface area contributed by atoms with Crippen LogP contribution in [0.4, 0.5) is 0 Å². The quantitative estimate of drug-likeness (QED) is 0.688. The standard InChI is InChI=1S/C10H15NO3.C2H6/c1-3-7(2)8(12)6-11-9(13)4-5-10(11)14;1-2/h7H,3-6H2,1-2H3;1-2H3. The highest BCUT2D eigenvalue weighted by Gasteiger charge is 2.31. The van der Waals surface area contributed by atoms with Gasteiger partial charge in [-0.1, -0.05) is 27.7 Å². The van der Waals surface area contributed by atoms with Gasteiger partial charge in [-0.2, -0.15) is 0 Å². The minimum atomic E-state index is -0.216. The summed E-state index contributed by atoms with van der Waals surface area (Å²) in [6.45, 7) is 7.69. The highest BCUT2D eigenvalue weighted by molar-refractivity contribution is 6.04. The Balaban J connectivity index is 0.00000106. The maximum absolute atomic E-state index is 11.5. The van der Waals surface area contributed by atoms with Crippen molar-refractivity contribution in [3.8, 4) is 0 Å². The molecule has 0 spiro atoms. The summed E-state index contributed by atoms with van der Waals surface area (Å²) in [5.41, 5.74) is 0. The smallest absolute Gasteiger partial charge is 0.230 e. The fourth-order valence-electron chi connectivity index (χ4n) is 1.34. The predicted octanol–water partition coefficient (Wildman–Crippen LogP) is 1.78. The average Bonchev–Trinajstić information content (AvgIpc) is 2.62. The normalized spacial score (nSPS) is 16.9. The van der Waals surface area contributed by atoms with Gasteiger partial charge in [-0.3, -0.25) is 19.3 Å². The number of nitrogens with zero attached hydrogens (tertiary/aromatic N) is 1. The van der Waals surface area contributed by atoms with Gasteiger partial charge in [0, 0.05) is 18.8 Å². The summed E-state index contributed by atoms with van der Waals surface area (Å²) < 4.78 is 0. The van der Waals surface area contributed by atoms with Crippen LogP contribution in [0.15, 0.2) is 0 Å². The van der Waals surface area contributed by atoms with E-state index in [1.165, 1.54) is 0 Å². The van der Waals surface area contributed by atoms with E-state index in [1.807, 2.05) is 27.7 Å². The van der Waals surface area contributed by atoms with E-state index in [4.69, 9.17) is 0 Å². The summed E-state index contributed by atoms with van der Waals surface area (Å²) in [4.78, 5) is 34.9. The number of rotatable bonds is 4. The minimum absolute atomic E-state index is 0.0314. The van der Waals surface area contributed by atoms with E-state index in [0.29, 0.717) is 0 Å². The number of Topliss-reactive ketones (excluding diaryl/α,β-unsaturated/α-hetero) is 1. The van der Waals surface area contributed by atoms with Gasteiger partial charge >= 0.3 is 0 Å². The van der Waals surface area contributed by atoms with Crippen molar-refractivity contribution in [1.29, 1.82) is 0 Å². The summed E-state index contributed by atoms with van der Waals surface area (Å²) in [5.74, 6) is -0.536. The van der Waals surface area contributed by atoms with Crippen molar-refractivity contribution in [3.05, 3.63) is 0 Å². The predicted molar refractivity (Wildman–Crippen MR) is 61.8 cm³/mol. The minimum Gasteiger partial charge on any atom is -0.297 e. The lowest BCUT2D eigenvalue weighted by molar-refractivity contribution is -0.142. The Morgan fingerprint density at radius 3 is 2.06 bits per heavy atom. The number of hydrogen-bond acceptors (Lipinski definition) is 3. The number of carbonyl (C=O) groups is 3. The Bertz CT molecular complexity index is 257. The van der Waals surface area contributed by atoms with E-state index in [9.17, 15) is 14.4 Å². The van der Waals surface area contributed by atoms with Crippen LogP contribution >= 0.6 is 0 Å². The van der Waals surface area contributed by atoms with Gasteiger partial charge in [-0.15, -0.1) is 0 Å². The van der Waals surface area contributed by atoms with Gasteiger partial charge in [-0.05, 0) is 6.42 Å². The molecule has 1 rings (SSSR count). The highest BCUT2D eigenvalue weighted by atomic mass is 16.2. The van der Waals surface area contributed by atoms with Gasteiger partial charge in [0.05, 0.1) is 6.54 Å². The largest absolute Gasteiger partial charge is 0.297 e. The van der Waals surface area contributed by atoms with E-state index in [1.54, 1.807) is 0 Å². The Morgan fingerprint density at radius 2 is 1.69 bits per heavy atom. The molecule has 0 radical (unpaired) electrons. The van der Waals surface area contributed by atoms with Crippen molar-refractivity contribution in [2.45, 2.75) is 47.0 Å². The molecule has 1 unspecified atom stereocenters. The van der Waals surface area contributed by atoms with Crippen molar-refractivity contribution in [2.75, 3.05) is 6.54 Å². The fourth-order valence-corrected chi connectivity index (χ4v) is 1.34. The van der Waals surface area contributed by atoms with Crippen molar-refractivity contribution in [2.24, 2.45) is 5.92 Å². The zero-order chi connectivity index (χ0) is 12.7. The lowest BCUT2D eigenvalue weighted by Crippen LogP contribution is -2.36. The second-order valence-corrected chi connectivity index (χ2v) is 3.65.